The summed E-state index contributed by atoms with van der Waals surface area (Å²) in [4.78, 5) is 13.8. The Bertz CT molecular complexity index is 480. The van der Waals surface area contributed by atoms with E-state index >= 15 is 0 Å². The zero-order valence-corrected chi connectivity index (χ0v) is 12.4. The second kappa shape index (κ2) is 6.68. The first kappa shape index (κ1) is 14.8. The lowest BCUT2D eigenvalue weighted by Gasteiger charge is -2.24. The van der Waals surface area contributed by atoms with E-state index in [0.717, 1.165) is 43.6 Å². The molecule has 2 rings (SSSR count). The summed E-state index contributed by atoms with van der Waals surface area (Å²) < 4.78 is 0. The van der Waals surface area contributed by atoms with Crippen LogP contribution < -0.4 is 4.90 Å². The minimum atomic E-state index is -0.884. The Balaban J connectivity index is 2.48. The van der Waals surface area contributed by atoms with Crippen LogP contribution in [0.3, 0.4) is 0 Å². The highest BCUT2D eigenvalue weighted by molar-refractivity contribution is 5.95. The predicted octanol–water partition coefficient (Wildman–Crippen LogP) is 2.68. The molecule has 1 N–H and O–H groups in total. The minimum absolute atomic E-state index is 0.362. The van der Waals surface area contributed by atoms with Gasteiger partial charge in [0, 0.05) is 13.1 Å². The fraction of sp³-hybridized carbons (Fsp3) is 0.667. The number of anilines is 1. The first-order valence-corrected chi connectivity index (χ1v) is 7.55. The number of aromatic carboxylic acids is 1. The normalized spacial score (nSPS) is 16.0. The topological polar surface area (TPSA) is 66.3 Å². The first-order chi connectivity index (χ1) is 9.69. The average Bonchev–Trinajstić information content (AvgIpc) is 2.74. The molecule has 1 fully saturated rings. The van der Waals surface area contributed by atoms with E-state index in [1.807, 2.05) is 13.8 Å². The monoisotopic (exact) mass is 277 g/mol. The number of aryl methyl sites for hydroxylation is 1. The van der Waals surface area contributed by atoms with Gasteiger partial charge in [-0.1, -0.05) is 26.7 Å². The molecule has 0 atom stereocenters. The van der Waals surface area contributed by atoms with Crippen molar-refractivity contribution in [3.8, 4) is 0 Å². The molecule has 0 saturated carbocycles. The summed E-state index contributed by atoms with van der Waals surface area (Å²) in [5, 5.41) is 18.1. The number of hydrogen-bond donors (Lipinski definition) is 1. The second-order valence-electron chi connectivity index (χ2n) is 5.24. The number of hydrogen-bond acceptors (Lipinski definition) is 4. The lowest BCUT2D eigenvalue weighted by molar-refractivity contribution is 0.0695. The molecule has 0 unspecified atom stereocenters. The van der Waals surface area contributed by atoms with Crippen molar-refractivity contribution in [3.63, 3.8) is 0 Å². The zero-order valence-electron chi connectivity index (χ0n) is 12.4. The van der Waals surface area contributed by atoms with Crippen LogP contribution in [0, 0.1) is 0 Å². The van der Waals surface area contributed by atoms with Crippen LogP contribution in [0.1, 0.15) is 61.1 Å². The van der Waals surface area contributed by atoms with Gasteiger partial charge < -0.3 is 10.0 Å². The van der Waals surface area contributed by atoms with Crippen LogP contribution in [-0.2, 0) is 12.8 Å². The van der Waals surface area contributed by atoms with E-state index in [2.05, 4.69) is 15.1 Å². The third kappa shape index (κ3) is 2.92. The van der Waals surface area contributed by atoms with Crippen molar-refractivity contribution in [2.75, 3.05) is 18.0 Å². The molecular formula is C15H23N3O2. The van der Waals surface area contributed by atoms with Crippen molar-refractivity contribution in [1.82, 2.24) is 10.2 Å². The van der Waals surface area contributed by atoms with Crippen LogP contribution in [0.2, 0.25) is 0 Å². The summed E-state index contributed by atoms with van der Waals surface area (Å²) in [5.74, 6) is -0.320. The molecular weight excluding hydrogens is 254 g/mol. The van der Waals surface area contributed by atoms with Gasteiger partial charge >= 0.3 is 5.97 Å². The second-order valence-corrected chi connectivity index (χ2v) is 5.24. The Hall–Kier alpha value is -1.65. The highest BCUT2D eigenvalue weighted by Gasteiger charge is 2.24. The molecule has 20 heavy (non-hydrogen) atoms. The Kier molecular flexibility index (Phi) is 4.93. The molecule has 0 radical (unpaired) electrons. The largest absolute Gasteiger partial charge is 0.478 e. The minimum Gasteiger partial charge on any atom is -0.478 e. The zero-order chi connectivity index (χ0) is 14.5. The number of carboxylic acid groups (broad SMARTS) is 1. The number of nitrogens with zero attached hydrogens (tertiary/aromatic N) is 3. The Labute approximate surface area is 120 Å². The van der Waals surface area contributed by atoms with Gasteiger partial charge in [0.1, 0.15) is 5.56 Å². The van der Waals surface area contributed by atoms with Crippen LogP contribution in [-0.4, -0.2) is 34.4 Å². The molecule has 0 spiro atoms. The third-order valence-electron chi connectivity index (χ3n) is 3.95. The van der Waals surface area contributed by atoms with E-state index in [-0.39, 0.29) is 0 Å². The quantitative estimate of drug-likeness (QED) is 0.916. The fourth-order valence-electron chi connectivity index (χ4n) is 2.89. The van der Waals surface area contributed by atoms with Crippen molar-refractivity contribution in [1.29, 1.82) is 0 Å². The van der Waals surface area contributed by atoms with Crippen LogP contribution in [0.5, 0.6) is 0 Å². The number of carbonyl (C=O) groups is 1. The summed E-state index contributed by atoms with van der Waals surface area (Å²) in [5.41, 5.74) is 2.01. The highest BCUT2D eigenvalue weighted by atomic mass is 16.4. The maximum atomic E-state index is 11.7. The summed E-state index contributed by atoms with van der Waals surface area (Å²) in [7, 11) is 0. The standard InChI is InChI=1S/C15H23N3O2/c1-3-11-12(4-2)16-17-14(13(11)15(19)20)18-9-7-5-6-8-10-18/h3-10H2,1-2H3,(H,19,20). The maximum Gasteiger partial charge on any atom is 0.339 e. The molecule has 1 aromatic rings. The highest BCUT2D eigenvalue weighted by Crippen LogP contribution is 2.26. The molecule has 0 aromatic carbocycles. The van der Waals surface area contributed by atoms with Crippen molar-refractivity contribution < 1.29 is 9.90 Å². The molecule has 0 aliphatic carbocycles. The molecule has 110 valence electrons. The van der Waals surface area contributed by atoms with E-state index in [4.69, 9.17) is 0 Å². The van der Waals surface area contributed by atoms with Crippen molar-refractivity contribution in [3.05, 3.63) is 16.8 Å². The lowest BCUT2D eigenvalue weighted by Crippen LogP contribution is -2.28. The van der Waals surface area contributed by atoms with Gasteiger partial charge in [0.05, 0.1) is 5.69 Å². The molecule has 5 nitrogen and oxygen atoms in total. The van der Waals surface area contributed by atoms with Crippen LogP contribution in [0.25, 0.3) is 0 Å². The van der Waals surface area contributed by atoms with Gasteiger partial charge in [-0.05, 0) is 31.2 Å². The summed E-state index contributed by atoms with van der Waals surface area (Å²) in [6, 6.07) is 0. The van der Waals surface area contributed by atoms with Crippen molar-refractivity contribution >= 4 is 11.8 Å². The lowest BCUT2D eigenvalue weighted by atomic mass is 10.0. The molecule has 1 aliphatic rings. The molecule has 1 aliphatic heterocycles. The average molecular weight is 277 g/mol. The predicted molar refractivity (Wildman–Crippen MR) is 78.4 cm³/mol. The van der Waals surface area contributed by atoms with Gasteiger partial charge in [0.25, 0.3) is 0 Å². The Morgan fingerprint density at radius 2 is 1.75 bits per heavy atom. The smallest absolute Gasteiger partial charge is 0.339 e. The van der Waals surface area contributed by atoms with E-state index in [0.29, 0.717) is 17.8 Å². The SMILES string of the molecule is CCc1nnc(N2CCCCCC2)c(C(=O)O)c1CC. The fourth-order valence-corrected chi connectivity index (χ4v) is 2.89. The van der Waals surface area contributed by atoms with Gasteiger partial charge in [0.2, 0.25) is 0 Å². The number of rotatable bonds is 4. The van der Waals surface area contributed by atoms with E-state index in [1.165, 1.54) is 12.8 Å². The summed E-state index contributed by atoms with van der Waals surface area (Å²) in [6.07, 6.45) is 6.01. The Morgan fingerprint density at radius 1 is 1.10 bits per heavy atom. The number of carboxylic acids is 1. The van der Waals surface area contributed by atoms with Gasteiger partial charge in [-0.3, -0.25) is 0 Å². The maximum absolute atomic E-state index is 11.7. The first-order valence-electron chi connectivity index (χ1n) is 7.55. The van der Waals surface area contributed by atoms with E-state index in [1.54, 1.807) is 0 Å². The van der Waals surface area contributed by atoms with E-state index in [9.17, 15) is 9.90 Å². The van der Waals surface area contributed by atoms with Gasteiger partial charge in [0.15, 0.2) is 5.82 Å². The van der Waals surface area contributed by atoms with Gasteiger partial charge in [-0.25, -0.2) is 4.79 Å². The summed E-state index contributed by atoms with van der Waals surface area (Å²) in [6.45, 7) is 5.72. The van der Waals surface area contributed by atoms with Gasteiger partial charge in [-0.15, -0.1) is 5.10 Å². The molecule has 1 aromatic heterocycles. The molecule has 5 heteroatoms. The number of aromatic nitrogens is 2. The van der Waals surface area contributed by atoms with Crippen molar-refractivity contribution in [2.45, 2.75) is 52.4 Å². The van der Waals surface area contributed by atoms with Crippen LogP contribution in [0.4, 0.5) is 5.82 Å². The summed E-state index contributed by atoms with van der Waals surface area (Å²) >= 11 is 0. The molecule has 2 heterocycles. The Morgan fingerprint density at radius 3 is 2.25 bits per heavy atom. The third-order valence-corrected chi connectivity index (χ3v) is 3.95. The molecule has 1 saturated heterocycles. The van der Waals surface area contributed by atoms with Crippen molar-refractivity contribution in [2.24, 2.45) is 0 Å². The van der Waals surface area contributed by atoms with Crippen LogP contribution in [0.15, 0.2) is 0 Å². The van der Waals surface area contributed by atoms with Crippen LogP contribution >= 0.6 is 0 Å². The molecule has 0 bridgehead atoms. The molecule has 0 amide bonds. The van der Waals surface area contributed by atoms with E-state index < -0.39 is 5.97 Å². The van der Waals surface area contributed by atoms with Gasteiger partial charge in [-0.2, -0.15) is 5.10 Å².